The first-order valence-corrected chi connectivity index (χ1v) is 9.17. The van der Waals surface area contributed by atoms with Crippen LogP contribution in [0, 0.1) is 11.6 Å². The van der Waals surface area contributed by atoms with Crippen molar-refractivity contribution in [1.82, 2.24) is 0 Å². The predicted molar refractivity (Wildman–Crippen MR) is 92.8 cm³/mol. The second-order valence-electron chi connectivity index (χ2n) is 5.35. The second kappa shape index (κ2) is 7.96. The van der Waals surface area contributed by atoms with Gasteiger partial charge in [-0.25, -0.2) is 13.3 Å². The molecule has 0 saturated heterocycles. The van der Waals surface area contributed by atoms with Gasteiger partial charge < -0.3 is 9.05 Å². The van der Waals surface area contributed by atoms with Crippen molar-refractivity contribution in [2.75, 3.05) is 6.16 Å². The van der Waals surface area contributed by atoms with Gasteiger partial charge in [0.1, 0.15) is 0 Å². The van der Waals surface area contributed by atoms with E-state index in [1.165, 1.54) is 24.3 Å². The molecule has 0 unspecified atom stereocenters. The zero-order valence-electron chi connectivity index (χ0n) is 13.8. The lowest BCUT2D eigenvalue weighted by Gasteiger charge is -2.21. The van der Waals surface area contributed by atoms with Crippen LogP contribution in [0.25, 0.3) is 12.2 Å². The molecule has 0 aromatic heterocycles. The monoisotopic (exact) mass is 404 g/mol. The van der Waals surface area contributed by atoms with Crippen molar-refractivity contribution in [1.29, 1.82) is 0 Å². The van der Waals surface area contributed by atoms with Crippen LogP contribution in [0.5, 0.6) is 11.5 Å². The average Bonchev–Trinajstić information content (AvgIpc) is 2.56. The molecule has 0 aliphatic rings. The molecule has 0 atom stereocenters. The third-order valence-electron chi connectivity index (χ3n) is 3.23. The van der Waals surface area contributed by atoms with Crippen LogP contribution in [0.2, 0.25) is 0 Å². The molecule has 0 bridgehead atoms. The highest BCUT2D eigenvalue weighted by Crippen LogP contribution is 2.52. The maximum absolute atomic E-state index is 14.0. The highest BCUT2D eigenvalue weighted by Gasteiger charge is 2.44. The van der Waals surface area contributed by atoms with Gasteiger partial charge in [0, 0.05) is 0 Å². The average molecular weight is 404 g/mol. The van der Waals surface area contributed by atoms with Gasteiger partial charge in [0.05, 0.1) is 0 Å². The Morgan fingerprint density at radius 1 is 0.889 bits per heavy atom. The van der Waals surface area contributed by atoms with Crippen molar-refractivity contribution < 1.29 is 35.6 Å². The van der Waals surface area contributed by atoms with E-state index in [4.69, 9.17) is 9.05 Å². The van der Waals surface area contributed by atoms with E-state index in [2.05, 4.69) is 13.2 Å². The minimum Gasteiger partial charge on any atom is -0.413 e. The smallest absolute Gasteiger partial charge is 0.413 e. The van der Waals surface area contributed by atoms with Gasteiger partial charge in [-0.2, -0.15) is 13.2 Å². The predicted octanol–water partition coefficient (Wildman–Crippen LogP) is 6.46. The summed E-state index contributed by atoms with van der Waals surface area (Å²) in [6.45, 7) is 6.84. The summed E-state index contributed by atoms with van der Waals surface area (Å²) in [7, 11) is -5.04. The quantitative estimate of drug-likeness (QED) is 0.392. The van der Waals surface area contributed by atoms with Gasteiger partial charge in [-0.3, -0.25) is 0 Å². The van der Waals surface area contributed by atoms with Crippen molar-refractivity contribution in [3.63, 3.8) is 0 Å². The number of alkyl halides is 3. The van der Waals surface area contributed by atoms with E-state index in [1.54, 1.807) is 0 Å². The fourth-order valence-corrected chi connectivity index (χ4v) is 3.54. The summed E-state index contributed by atoms with van der Waals surface area (Å²) < 4.78 is 88.7. The van der Waals surface area contributed by atoms with E-state index in [-0.39, 0.29) is 0 Å². The van der Waals surface area contributed by atoms with Crippen LogP contribution in [0.4, 0.5) is 22.0 Å². The summed E-state index contributed by atoms with van der Waals surface area (Å²) in [5.41, 5.74) is 0.662. The van der Waals surface area contributed by atoms with Crippen LogP contribution in [0.1, 0.15) is 11.1 Å². The number of hydrogen-bond acceptors (Lipinski definition) is 3. The second-order valence-corrected chi connectivity index (χ2v) is 7.26. The fourth-order valence-electron chi connectivity index (χ4n) is 2.04. The van der Waals surface area contributed by atoms with Crippen LogP contribution in [0.3, 0.4) is 0 Å². The van der Waals surface area contributed by atoms with E-state index in [1.807, 2.05) is 0 Å². The zero-order chi connectivity index (χ0) is 20.2. The van der Waals surface area contributed by atoms with Crippen LogP contribution >= 0.6 is 7.60 Å². The molecule has 3 nitrogen and oxygen atoms in total. The Bertz CT molecular complexity index is 845. The third kappa shape index (κ3) is 5.69. The molecule has 0 heterocycles. The summed E-state index contributed by atoms with van der Waals surface area (Å²) >= 11 is 0. The number of benzene rings is 2. The lowest BCUT2D eigenvalue weighted by atomic mass is 10.2. The molecule has 0 saturated carbocycles. The van der Waals surface area contributed by atoms with Gasteiger partial charge in [0.15, 0.2) is 29.3 Å². The van der Waals surface area contributed by atoms with E-state index < -0.39 is 43.1 Å². The van der Waals surface area contributed by atoms with E-state index in [9.17, 15) is 26.5 Å². The molecular weight excluding hydrogens is 390 g/mol. The molecule has 0 aliphatic heterocycles. The normalized spacial score (nSPS) is 11.7. The third-order valence-corrected chi connectivity index (χ3v) is 4.93. The number of rotatable bonds is 7. The summed E-state index contributed by atoms with van der Waals surface area (Å²) in [6.07, 6.45) is -4.40. The first kappa shape index (κ1) is 20.7. The summed E-state index contributed by atoms with van der Waals surface area (Å²) in [5, 5.41) is 0. The molecule has 0 amide bonds. The van der Waals surface area contributed by atoms with E-state index >= 15 is 0 Å². The van der Waals surface area contributed by atoms with Crippen molar-refractivity contribution in [3.8, 4) is 11.5 Å². The first-order valence-electron chi connectivity index (χ1n) is 7.44. The number of hydrogen-bond donors (Lipinski definition) is 0. The Balaban J connectivity index is 2.39. The summed E-state index contributed by atoms with van der Waals surface area (Å²) in [5.74, 6) is -3.59. The van der Waals surface area contributed by atoms with Crippen molar-refractivity contribution >= 4 is 19.7 Å². The minimum absolute atomic E-state index is 0.331. The number of halogens is 5. The van der Waals surface area contributed by atoms with Crippen molar-refractivity contribution in [3.05, 3.63) is 72.3 Å². The highest BCUT2D eigenvalue weighted by molar-refractivity contribution is 7.54. The molecule has 2 rings (SSSR count). The fraction of sp³-hybridized carbons (Fsp3) is 0.111. The van der Waals surface area contributed by atoms with Crippen molar-refractivity contribution in [2.45, 2.75) is 6.18 Å². The van der Waals surface area contributed by atoms with Gasteiger partial charge in [-0.1, -0.05) is 37.4 Å². The molecule has 2 aromatic carbocycles. The largest absolute Gasteiger partial charge is 0.440 e. The first-order chi connectivity index (χ1) is 12.5. The van der Waals surface area contributed by atoms with Gasteiger partial charge in [-0.05, 0) is 35.4 Å². The lowest BCUT2D eigenvalue weighted by molar-refractivity contribution is -0.108. The van der Waals surface area contributed by atoms with E-state index in [0.717, 1.165) is 24.3 Å². The van der Waals surface area contributed by atoms with Gasteiger partial charge in [-0.15, -0.1) is 0 Å². The molecule has 0 aliphatic carbocycles. The maximum Gasteiger partial charge on any atom is 0.440 e. The Kier molecular flexibility index (Phi) is 6.11. The Morgan fingerprint density at radius 3 is 1.59 bits per heavy atom. The summed E-state index contributed by atoms with van der Waals surface area (Å²) in [4.78, 5) is 0. The van der Waals surface area contributed by atoms with Crippen LogP contribution in [0.15, 0.2) is 49.6 Å². The van der Waals surface area contributed by atoms with Crippen LogP contribution in [-0.2, 0) is 4.57 Å². The molecule has 144 valence electrons. The van der Waals surface area contributed by atoms with Gasteiger partial charge in [0.25, 0.3) is 0 Å². The Labute approximate surface area is 152 Å². The molecule has 2 aromatic rings. The molecular formula is C18H14F5O3P. The zero-order valence-corrected chi connectivity index (χ0v) is 14.7. The molecule has 0 spiro atoms. The van der Waals surface area contributed by atoms with E-state index in [0.29, 0.717) is 11.1 Å². The van der Waals surface area contributed by atoms with Gasteiger partial charge in [0.2, 0.25) is 0 Å². The molecule has 9 heteroatoms. The standard InChI is InChI=1S/C18H14F5O3P/c1-3-12-5-7-16(14(19)9-12)25-27(24,11-18(21,22)23)26-17-8-6-13(4-2)10-15(17)20/h3-10H,1-2,11H2. The Morgan fingerprint density at radius 2 is 1.30 bits per heavy atom. The highest BCUT2D eigenvalue weighted by atomic mass is 31.2. The van der Waals surface area contributed by atoms with Gasteiger partial charge >= 0.3 is 13.8 Å². The molecule has 0 N–H and O–H groups in total. The SMILES string of the molecule is C=Cc1ccc(OP(=O)(CC(F)(F)F)Oc2ccc(C=C)cc2F)c(F)c1. The molecule has 27 heavy (non-hydrogen) atoms. The van der Waals surface area contributed by atoms with Crippen LogP contribution in [-0.4, -0.2) is 12.3 Å². The topological polar surface area (TPSA) is 35.5 Å². The van der Waals surface area contributed by atoms with Crippen LogP contribution < -0.4 is 9.05 Å². The Hall–Kier alpha value is -2.60. The molecule has 0 radical (unpaired) electrons. The summed E-state index contributed by atoms with van der Waals surface area (Å²) in [6, 6.07) is 6.41. The lowest BCUT2D eigenvalue weighted by Crippen LogP contribution is -2.20. The molecule has 0 fully saturated rings. The maximum atomic E-state index is 14.0. The minimum atomic E-state index is -5.04. The van der Waals surface area contributed by atoms with Crippen molar-refractivity contribution in [2.24, 2.45) is 0 Å².